The maximum absolute atomic E-state index is 11.6. The number of benzene rings is 12. The summed E-state index contributed by atoms with van der Waals surface area (Å²) in [6, 6.07) is 75.5. The summed E-state index contributed by atoms with van der Waals surface area (Å²) in [5.41, 5.74) is 8.13. The Labute approximate surface area is 748 Å². The molecule has 26 nitrogen and oxygen atoms in total. The number of hydrogen-bond acceptors (Lipinski definition) is 24. The Kier molecular flexibility index (Phi) is 59.4. The summed E-state index contributed by atoms with van der Waals surface area (Å²) >= 11 is 0. The molecule has 0 spiro atoms. The molecule has 0 bridgehead atoms. The molecule has 0 fully saturated rings. The van der Waals surface area contributed by atoms with E-state index in [4.69, 9.17) is 47.4 Å². The molecule has 12 aromatic rings. The Hall–Kier alpha value is -15.1. The van der Waals surface area contributed by atoms with Gasteiger partial charge in [-0.15, -0.1) is 0 Å². The molecule has 0 heterocycles. The van der Waals surface area contributed by atoms with E-state index in [9.17, 15) is 47.9 Å². The number of ether oxygens (including phenoxy) is 14. The van der Waals surface area contributed by atoms with Gasteiger partial charge in [-0.1, -0.05) is 172 Å². The van der Waals surface area contributed by atoms with Crippen molar-refractivity contribution in [2.45, 2.75) is 93.5 Å². The average molecular weight is 1750 g/mol. The molecule has 0 aliphatic carbocycles. The van der Waals surface area contributed by atoms with Crippen LogP contribution in [0.2, 0.25) is 0 Å². The third kappa shape index (κ3) is 40.2. The van der Waals surface area contributed by atoms with Gasteiger partial charge in [0.1, 0.15) is 46.0 Å². The third-order valence-electron chi connectivity index (χ3n) is 16.4. The van der Waals surface area contributed by atoms with E-state index >= 15 is 0 Å². The summed E-state index contributed by atoms with van der Waals surface area (Å²) in [7, 11) is 17.4. The fourth-order valence-electron chi connectivity index (χ4n) is 10.2. The quantitative estimate of drug-likeness (QED) is 0.0442. The van der Waals surface area contributed by atoms with Crippen LogP contribution < -0.4 is 48.5 Å². The average Bonchev–Trinajstić information content (AvgIpc) is 0.793. The van der Waals surface area contributed by atoms with Gasteiger partial charge < -0.3 is 76.9 Å². The largest absolute Gasteiger partial charge is 0.513 e. The lowest BCUT2D eigenvalue weighted by atomic mass is 9.99. The fourth-order valence-corrected chi connectivity index (χ4v) is 10.2. The molecule has 0 radical (unpaired) electrons. The molecular formula is C101H126N2O24. The second-order valence-corrected chi connectivity index (χ2v) is 24.5. The normalized spacial score (nSPS) is 9.06. The molecule has 2 N–H and O–H groups in total. The second-order valence-electron chi connectivity index (χ2n) is 24.5. The Morgan fingerprint density at radius 3 is 0.717 bits per heavy atom. The highest BCUT2D eigenvalue weighted by atomic mass is 16.7. The van der Waals surface area contributed by atoms with Gasteiger partial charge in [-0.2, -0.15) is 0 Å². The Morgan fingerprint density at radius 2 is 0.480 bits per heavy atom. The highest BCUT2D eigenvalue weighted by Gasteiger charge is 2.17. The number of esters is 6. The molecule has 127 heavy (non-hydrogen) atoms. The summed E-state index contributed by atoms with van der Waals surface area (Å²) < 4.78 is 66.5. The van der Waals surface area contributed by atoms with E-state index in [1.54, 1.807) is 127 Å². The molecule has 2 amide bonds. The van der Waals surface area contributed by atoms with Crippen molar-refractivity contribution < 1.29 is 114 Å². The first kappa shape index (κ1) is 118. The standard InChI is InChI=1S/C14H12O4.C12H12O2.C12H12.C10H12N2O2.C10H10O6.2C10H10O4.C8H10O2.C8H10.7CH4/c1-17-13(15)11-7-8-12(14(16)18-2)10-6-4-3-5-9(10)11;1-13-11-7-8-12(14-2)10-6-4-3-5-9(10)11;1-9-7-8-10(2)12-6-4-3-5-11(9)12;1-11-9(13)7-3-5-8(6-4-7)10(14)12-2;1-13-9(11)15-7-3-5-8(6-4-7)16-10(12)14-2;1-13-9(11)7-3-5-8(6-4-7)10(12)14-2;1-7(11)13-9-3-5-10(6-4-9)14-8(2)12;1-9-7-3-5-8(10-2)6-4-7;1-7-3-5-8(2)6-4-7;;;;;;;/h3-8H,1-2H3;3-8H,1-2H3;3-8H,1-2H3;3-6H,1-2H3,(H,11,13)(H,12,14);3-6H,1-2H3;2*3-6H,1-2H3;3-6H,1-2H3;3-6H,1-2H3;7*1H4. The van der Waals surface area contributed by atoms with Crippen molar-refractivity contribution in [3.63, 3.8) is 0 Å². The van der Waals surface area contributed by atoms with Crippen molar-refractivity contribution in [3.8, 4) is 46.0 Å². The van der Waals surface area contributed by atoms with Gasteiger partial charge in [-0.3, -0.25) is 19.2 Å². The minimum absolute atomic E-state index is 0. The molecule has 0 aliphatic rings. The highest BCUT2D eigenvalue weighted by Crippen LogP contribution is 2.33. The molecule has 12 rings (SSSR count). The number of aryl methyl sites for hydroxylation is 4. The zero-order valence-corrected chi connectivity index (χ0v) is 70.0. The summed E-state index contributed by atoms with van der Waals surface area (Å²) in [6.07, 6.45) is -1.64. The fraction of sp³-hybridized carbons (Fsp3) is 0.248. The number of methoxy groups -OCH3 is 10. The first-order valence-electron chi connectivity index (χ1n) is 36.4. The van der Waals surface area contributed by atoms with Crippen LogP contribution in [0.5, 0.6) is 46.0 Å². The minimum atomic E-state index is -0.818. The first-order chi connectivity index (χ1) is 57.6. The molecule has 0 aromatic heterocycles. The van der Waals surface area contributed by atoms with Crippen LogP contribution in [0.3, 0.4) is 0 Å². The lowest BCUT2D eigenvalue weighted by molar-refractivity contribution is -0.133. The van der Waals surface area contributed by atoms with E-state index < -0.39 is 36.2 Å². The summed E-state index contributed by atoms with van der Waals surface area (Å²) in [4.78, 5) is 110. The van der Waals surface area contributed by atoms with Gasteiger partial charge in [0.05, 0.1) is 93.4 Å². The molecule has 0 saturated heterocycles. The summed E-state index contributed by atoms with van der Waals surface area (Å²) in [5.74, 6) is 2.06. The van der Waals surface area contributed by atoms with Crippen molar-refractivity contribution in [1.82, 2.24) is 10.6 Å². The van der Waals surface area contributed by atoms with E-state index in [1.165, 1.54) is 138 Å². The van der Waals surface area contributed by atoms with Crippen molar-refractivity contribution in [1.29, 1.82) is 0 Å². The Morgan fingerprint density at radius 1 is 0.236 bits per heavy atom. The highest BCUT2D eigenvalue weighted by molar-refractivity contribution is 6.12. The van der Waals surface area contributed by atoms with Crippen molar-refractivity contribution in [3.05, 3.63) is 310 Å². The SMILES string of the molecule is C.C.C.C.C.C.C.CC(=O)Oc1ccc(OC(C)=O)cc1.CNC(=O)c1ccc(C(=O)NC)cc1.COC(=O)Oc1ccc(OC(=O)OC)cc1.COC(=O)c1ccc(C(=O)OC)c2ccccc12.COC(=O)c1ccc(C(=O)OC)cc1.COc1ccc(OC)c2ccccc12.COc1ccc(OC)cc1.Cc1ccc(C)c2ccccc12.Cc1ccc(C)cc1. The van der Waals surface area contributed by atoms with Gasteiger partial charge in [-0.05, 0) is 206 Å². The number of amides is 2. The van der Waals surface area contributed by atoms with Crippen LogP contribution in [0, 0.1) is 27.7 Å². The van der Waals surface area contributed by atoms with Crippen molar-refractivity contribution >= 4 is 92.3 Å². The molecule has 684 valence electrons. The number of carbonyl (C=O) groups is 10. The van der Waals surface area contributed by atoms with Gasteiger partial charge in [0.25, 0.3) is 11.8 Å². The van der Waals surface area contributed by atoms with Crippen LogP contribution in [-0.2, 0) is 38.0 Å². The number of hydrogen-bond donors (Lipinski definition) is 2. The summed E-state index contributed by atoms with van der Waals surface area (Å²) in [6.45, 7) is 11.1. The van der Waals surface area contributed by atoms with Crippen LogP contribution in [0.15, 0.2) is 255 Å². The van der Waals surface area contributed by atoms with Gasteiger partial charge >= 0.3 is 48.1 Å². The lowest BCUT2D eigenvalue weighted by Crippen LogP contribution is -2.19. The van der Waals surface area contributed by atoms with Crippen LogP contribution in [0.25, 0.3) is 32.3 Å². The number of nitrogens with one attached hydrogen (secondary N) is 2. The van der Waals surface area contributed by atoms with E-state index in [0.29, 0.717) is 55.7 Å². The molecule has 0 saturated carbocycles. The Balaban J connectivity index is -0.000000670. The third-order valence-corrected chi connectivity index (χ3v) is 16.4. The van der Waals surface area contributed by atoms with E-state index in [0.717, 1.165) is 33.8 Å². The van der Waals surface area contributed by atoms with Gasteiger partial charge in [0, 0.05) is 49.8 Å². The van der Waals surface area contributed by atoms with Gasteiger partial charge in [-0.25, -0.2) is 28.8 Å². The van der Waals surface area contributed by atoms with Gasteiger partial charge in [0.2, 0.25) is 0 Å². The molecule has 12 aromatic carbocycles. The van der Waals surface area contributed by atoms with E-state index in [-0.39, 0.29) is 87.2 Å². The van der Waals surface area contributed by atoms with Crippen molar-refractivity contribution in [2.24, 2.45) is 0 Å². The maximum atomic E-state index is 11.6. The number of fused-ring (bicyclic) bond motifs is 3. The zero-order valence-electron chi connectivity index (χ0n) is 70.0. The van der Waals surface area contributed by atoms with Crippen LogP contribution in [0.1, 0.15) is 150 Å². The predicted molar refractivity (Wildman–Crippen MR) is 504 cm³/mol. The van der Waals surface area contributed by atoms with Crippen molar-refractivity contribution in [2.75, 3.05) is 85.2 Å². The topological polar surface area (TPSA) is 324 Å². The van der Waals surface area contributed by atoms with Crippen LogP contribution in [0.4, 0.5) is 9.59 Å². The van der Waals surface area contributed by atoms with Crippen LogP contribution >= 0.6 is 0 Å². The molecule has 0 unspecified atom stereocenters. The second kappa shape index (κ2) is 63.8. The first-order valence-corrected chi connectivity index (χ1v) is 36.4. The molecular weight excluding hydrogens is 1630 g/mol. The van der Waals surface area contributed by atoms with Crippen LogP contribution in [-0.4, -0.2) is 145 Å². The number of rotatable bonds is 14. The zero-order chi connectivity index (χ0) is 88.6. The van der Waals surface area contributed by atoms with Gasteiger partial charge in [0.15, 0.2) is 0 Å². The minimum Gasteiger partial charge on any atom is -0.497 e. The Bertz CT molecular complexity index is 4910. The van der Waals surface area contributed by atoms with E-state index in [2.05, 4.69) is 118 Å². The predicted octanol–water partition coefficient (Wildman–Crippen LogP) is 22.4. The lowest BCUT2D eigenvalue weighted by Gasteiger charge is -2.08. The number of carbonyl (C=O) groups excluding carboxylic acids is 10. The monoisotopic (exact) mass is 1750 g/mol. The maximum Gasteiger partial charge on any atom is 0.513 e. The molecule has 0 aliphatic heterocycles. The van der Waals surface area contributed by atoms with E-state index in [1.807, 2.05) is 60.7 Å². The molecule has 0 atom stereocenters. The molecule has 26 heteroatoms. The summed E-state index contributed by atoms with van der Waals surface area (Å²) in [5, 5.41) is 11.3. The smallest absolute Gasteiger partial charge is 0.497 e.